The molecule has 1 aromatic carbocycles. The fourth-order valence-electron chi connectivity index (χ4n) is 1.26. The molecule has 0 saturated carbocycles. The third-order valence-electron chi connectivity index (χ3n) is 2.04. The van der Waals surface area contributed by atoms with Crippen LogP contribution in [0.1, 0.15) is 5.56 Å². The maximum absolute atomic E-state index is 8.95. The Hall–Kier alpha value is -2.06. The molecule has 0 radical (unpaired) electrons. The van der Waals surface area contributed by atoms with Crippen LogP contribution in [0.3, 0.4) is 0 Å². The second-order valence-electron chi connectivity index (χ2n) is 3.28. The van der Waals surface area contributed by atoms with Crippen molar-refractivity contribution in [3.05, 3.63) is 46.6 Å². The summed E-state index contributed by atoms with van der Waals surface area (Å²) in [7, 11) is 0. The fraction of sp³-hybridized carbons (Fsp3) is 0. The summed E-state index contributed by atoms with van der Waals surface area (Å²) in [4.78, 5) is 4.06. The summed E-state index contributed by atoms with van der Waals surface area (Å²) in [5.74, 6) is 0.867. The van der Waals surface area contributed by atoms with E-state index in [0.717, 1.165) is 4.47 Å². The Balaban J connectivity index is 2.30. The highest BCUT2D eigenvalue weighted by molar-refractivity contribution is 9.10. The van der Waals surface area contributed by atoms with Gasteiger partial charge in [0, 0.05) is 22.4 Å². The molecule has 2 aromatic rings. The van der Waals surface area contributed by atoms with Gasteiger partial charge < -0.3 is 10.5 Å². The van der Waals surface area contributed by atoms with Crippen LogP contribution in [0.5, 0.6) is 11.6 Å². The van der Waals surface area contributed by atoms with E-state index in [4.69, 9.17) is 15.7 Å². The molecule has 0 saturated heterocycles. The SMILES string of the molecule is N#Cc1cc(N)ccc1Oc1ccc(Br)cn1. The highest BCUT2D eigenvalue weighted by Crippen LogP contribution is 2.25. The van der Waals surface area contributed by atoms with E-state index < -0.39 is 0 Å². The summed E-state index contributed by atoms with van der Waals surface area (Å²) in [6.45, 7) is 0. The van der Waals surface area contributed by atoms with Gasteiger partial charge in [0.05, 0.1) is 5.56 Å². The van der Waals surface area contributed by atoms with E-state index in [2.05, 4.69) is 20.9 Å². The number of nitrogens with zero attached hydrogens (tertiary/aromatic N) is 2. The van der Waals surface area contributed by atoms with Crippen molar-refractivity contribution in [3.8, 4) is 17.7 Å². The number of nitrogen functional groups attached to an aromatic ring is 1. The van der Waals surface area contributed by atoms with E-state index in [9.17, 15) is 0 Å². The van der Waals surface area contributed by atoms with Crippen molar-refractivity contribution < 1.29 is 4.74 Å². The van der Waals surface area contributed by atoms with Crippen LogP contribution < -0.4 is 10.5 Å². The fourth-order valence-corrected chi connectivity index (χ4v) is 1.49. The van der Waals surface area contributed by atoms with Crippen LogP contribution in [0.25, 0.3) is 0 Å². The van der Waals surface area contributed by atoms with Gasteiger partial charge in [0.25, 0.3) is 0 Å². The summed E-state index contributed by atoms with van der Waals surface area (Å²) >= 11 is 3.28. The van der Waals surface area contributed by atoms with E-state index in [0.29, 0.717) is 22.9 Å². The Kier molecular flexibility index (Phi) is 3.26. The molecule has 1 heterocycles. The molecule has 0 unspecified atom stereocenters. The van der Waals surface area contributed by atoms with E-state index in [1.165, 1.54) is 0 Å². The molecule has 84 valence electrons. The van der Waals surface area contributed by atoms with Gasteiger partial charge in [-0.15, -0.1) is 0 Å². The van der Waals surface area contributed by atoms with Crippen molar-refractivity contribution in [3.63, 3.8) is 0 Å². The molecule has 0 aliphatic carbocycles. The van der Waals surface area contributed by atoms with Crippen molar-refractivity contribution in [2.24, 2.45) is 0 Å². The number of pyridine rings is 1. The number of halogens is 1. The Morgan fingerprint density at radius 3 is 2.76 bits per heavy atom. The first kappa shape index (κ1) is 11.4. The van der Waals surface area contributed by atoms with Crippen molar-refractivity contribution >= 4 is 21.6 Å². The maximum Gasteiger partial charge on any atom is 0.219 e. The molecular weight excluding hydrogens is 282 g/mol. The lowest BCUT2D eigenvalue weighted by Crippen LogP contribution is -1.92. The number of benzene rings is 1. The molecular formula is C12H8BrN3O. The van der Waals surface area contributed by atoms with Crippen molar-refractivity contribution in [1.29, 1.82) is 5.26 Å². The highest BCUT2D eigenvalue weighted by Gasteiger charge is 2.05. The first-order chi connectivity index (χ1) is 8.19. The number of hydrogen-bond donors (Lipinski definition) is 1. The van der Waals surface area contributed by atoms with Gasteiger partial charge in [-0.2, -0.15) is 5.26 Å². The average molecular weight is 290 g/mol. The third-order valence-corrected chi connectivity index (χ3v) is 2.51. The average Bonchev–Trinajstić information content (AvgIpc) is 2.34. The van der Waals surface area contributed by atoms with Crippen LogP contribution >= 0.6 is 15.9 Å². The predicted octanol–water partition coefficient (Wildman–Crippen LogP) is 3.09. The normalized spacial score (nSPS) is 9.65. The summed E-state index contributed by atoms with van der Waals surface area (Å²) in [6.07, 6.45) is 1.62. The lowest BCUT2D eigenvalue weighted by atomic mass is 10.2. The number of nitrogens with two attached hydrogens (primary N) is 1. The molecule has 1 aromatic heterocycles. The quantitative estimate of drug-likeness (QED) is 0.863. The first-order valence-corrected chi connectivity index (χ1v) is 5.57. The minimum Gasteiger partial charge on any atom is -0.438 e. The summed E-state index contributed by atoms with van der Waals surface area (Å²) in [6, 6.07) is 10.4. The molecule has 2 N–H and O–H groups in total. The van der Waals surface area contributed by atoms with Crippen LogP contribution in [-0.2, 0) is 0 Å². The van der Waals surface area contributed by atoms with E-state index in [1.54, 1.807) is 30.5 Å². The van der Waals surface area contributed by atoms with Crippen molar-refractivity contribution in [1.82, 2.24) is 4.98 Å². The van der Waals surface area contributed by atoms with E-state index in [-0.39, 0.29) is 0 Å². The Bertz CT molecular complexity index is 575. The molecule has 17 heavy (non-hydrogen) atoms. The van der Waals surface area contributed by atoms with Gasteiger partial charge in [0.15, 0.2) is 0 Å². The number of rotatable bonds is 2. The summed E-state index contributed by atoms with van der Waals surface area (Å²) < 4.78 is 6.36. The highest BCUT2D eigenvalue weighted by atomic mass is 79.9. The number of nitriles is 1. The third kappa shape index (κ3) is 2.74. The Morgan fingerprint density at radius 2 is 2.12 bits per heavy atom. The van der Waals surface area contributed by atoms with Gasteiger partial charge in [-0.1, -0.05) is 0 Å². The molecule has 2 rings (SSSR count). The predicted molar refractivity (Wildman–Crippen MR) is 67.6 cm³/mol. The zero-order chi connectivity index (χ0) is 12.3. The summed E-state index contributed by atoms with van der Waals surface area (Å²) in [5, 5.41) is 8.95. The molecule has 4 nitrogen and oxygen atoms in total. The molecule has 0 fully saturated rings. The van der Waals surface area contributed by atoms with Crippen LogP contribution in [0, 0.1) is 11.3 Å². The largest absolute Gasteiger partial charge is 0.438 e. The van der Waals surface area contributed by atoms with Crippen LogP contribution in [0.2, 0.25) is 0 Å². The number of ether oxygens (including phenoxy) is 1. The Labute approximate surface area is 107 Å². The van der Waals surface area contributed by atoms with E-state index >= 15 is 0 Å². The number of anilines is 1. The van der Waals surface area contributed by atoms with Gasteiger partial charge in [-0.3, -0.25) is 0 Å². The van der Waals surface area contributed by atoms with Crippen molar-refractivity contribution in [2.45, 2.75) is 0 Å². The molecule has 0 spiro atoms. The van der Waals surface area contributed by atoms with Crippen molar-refractivity contribution in [2.75, 3.05) is 5.73 Å². The zero-order valence-corrected chi connectivity index (χ0v) is 10.3. The molecule has 5 heteroatoms. The number of hydrogen-bond acceptors (Lipinski definition) is 4. The van der Waals surface area contributed by atoms with Gasteiger partial charge in [0.2, 0.25) is 5.88 Å². The first-order valence-electron chi connectivity index (χ1n) is 4.78. The molecule has 0 aliphatic rings. The molecule has 0 aliphatic heterocycles. The van der Waals surface area contributed by atoms with Gasteiger partial charge >= 0.3 is 0 Å². The van der Waals surface area contributed by atoms with Crippen LogP contribution in [0.15, 0.2) is 41.0 Å². The lowest BCUT2D eigenvalue weighted by molar-refractivity contribution is 0.461. The standard InChI is InChI=1S/C12H8BrN3O/c13-9-1-4-12(16-7-9)17-11-3-2-10(15)5-8(11)6-14/h1-5,7H,15H2. The smallest absolute Gasteiger partial charge is 0.219 e. The van der Waals surface area contributed by atoms with Gasteiger partial charge in [-0.05, 0) is 40.2 Å². The monoisotopic (exact) mass is 289 g/mol. The van der Waals surface area contributed by atoms with Crippen LogP contribution in [0.4, 0.5) is 5.69 Å². The van der Waals surface area contributed by atoms with Gasteiger partial charge in [0.1, 0.15) is 11.8 Å². The lowest BCUT2D eigenvalue weighted by Gasteiger charge is -2.06. The zero-order valence-electron chi connectivity index (χ0n) is 8.72. The molecule has 0 amide bonds. The Morgan fingerprint density at radius 1 is 1.29 bits per heavy atom. The molecule has 0 bridgehead atoms. The molecule has 0 atom stereocenters. The minimum absolute atomic E-state index is 0.384. The maximum atomic E-state index is 8.95. The number of aromatic nitrogens is 1. The topological polar surface area (TPSA) is 71.9 Å². The second kappa shape index (κ2) is 4.85. The second-order valence-corrected chi connectivity index (χ2v) is 4.20. The van der Waals surface area contributed by atoms with Gasteiger partial charge in [-0.25, -0.2) is 4.98 Å². The van der Waals surface area contributed by atoms with Crippen LogP contribution in [-0.4, -0.2) is 4.98 Å². The van der Waals surface area contributed by atoms with E-state index in [1.807, 2.05) is 12.1 Å². The minimum atomic E-state index is 0.384. The summed E-state index contributed by atoms with van der Waals surface area (Å²) in [5.41, 5.74) is 6.50.